The van der Waals surface area contributed by atoms with E-state index >= 15 is 0 Å². The van der Waals surface area contributed by atoms with Gasteiger partial charge in [-0.3, -0.25) is 0 Å². The van der Waals surface area contributed by atoms with Gasteiger partial charge in [-0.1, -0.05) is 36.7 Å². The maximum absolute atomic E-state index is 10.3. The molecule has 0 aliphatic carbocycles. The molecule has 2 nitrogen and oxygen atoms in total. The normalized spacial score (nSPS) is 13.5. The van der Waals surface area contributed by atoms with Crippen molar-refractivity contribution in [1.82, 2.24) is 0 Å². The Bertz CT molecular complexity index is 374. The molecule has 1 aromatic rings. The highest BCUT2D eigenvalue weighted by atomic mass is 79.9. The second-order valence-electron chi connectivity index (χ2n) is 5.02. The van der Waals surface area contributed by atoms with E-state index in [1.165, 1.54) is 0 Å². The van der Waals surface area contributed by atoms with Crippen LogP contribution in [0.25, 0.3) is 0 Å². The largest absolute Gasteiger partial charge is 0.497 e. The molecule has 1 aromatic carbocycles. The Morgan fingerprint density at radius 2 is 2.06 bits per heavy atom. The van der Waals surface area contributed by atoms with Gasteiger partial charge in [0.1, 0.15) is 5.75 Å². The van der Waals surface area contributed by atoms with Crippen LogP contribution < -0.4 is 4.74 Å². The summed E-state index contributed by atoms with van der Waals surface area (Å²) in [5.74, 6) is 0.824. The van der Waals surface area contributed by atoms with E-state index in [0.29, 0.717) is 6.42 Å². The van der Waals surface area contributed by atoms with Crippen molar-refractivity contribution in [3.63, 3.8) is 0 Å². The number of benzene rings is 1. The van der Waals surface area contributed by atoms with Crippen LogP contribution in [0.1, 0.15) is 32.8 Å². The third-order valence-electron chi connectivity index (χ3n) is 3.48. The van der Waals surface area contributed by atoms with Crippen LogP contribution in [0.3, 0.4) is 0 Å². The Balaban J connectivity index is 2.87. The first-order chi connectivity index (χ1) is 7.90. The van der Waals surface area contributed by atoms with Crippen molar-refractivity contribution in [1.29, 1.82) is 0 Å². The average molecular weight is 301 g/mol. The van der Waals surface area contributed by atoms with E-state index < -0.39 is 0 Å². The molecule has 0 bridgehead atoms. The first-order valence-corrected chi connectivity index (χ1v) is 6.70. The Morgan fingerprint density at radius 3 is 2.59 bits per heavy atom. The second-order valence-corrected chi connectivity index (χ2v) is 5.87. The molecule has 0 radical (unpaired) electrons. The van der Waals surface area contributed by atoms with Gasteiger partial charge in [-0.2, -0.15) is 0 Å². The summed E-state index contributed by atoms with van der Waals surface area (Å²) in [6, 6.07) is 5.84. The molecule has 3 heteroatoms. The van der Waals surface area contributed by atoms with Crippen LogP contribution in [0.5, 0.6) is 5.75 Å². The fourth-order valence-corrected chi connectivity index (χ4v) is 1.96. The molecule has 0 aromatic heterocycles. The quantitative estimate of drug-likeness (QED) is 0.896. The highest BCUT2D eigenvalue weighted by Crippen LogP contribution is 2.30. The number of halogens is 1. The molecule has 0 amide bonds. The number of hydrogen-bond acceptors (Lipinski definition) is 2. The van der Waals surface area contributed by atoms with Crippen molar-refractivity contribution < 1.29 is 9.84 Å². The van der Waals surface area contributed by atoms with Crippen LogP contribution in [0, 0.1) is 5.41 Å². The summed E-state index contributed by atoms with van der Waals surface area (Å²) in [7, 11) is 1.65. The van der Waals surface area contributed by atoms with Crippen LogP contribution in [0.15, 0.2) is 22.7 Å². The van der Waals surface area contributed by atoms with E-state index in [2.05, 4.69) is 36.7 Å². The van der Waals surface area contributed by atoms with Crippen molar-refractivity contribution in [2.75, 3.05) is 7.11 Å². The van der Waals surface area contributed by atoms with E-state index in [1.54, 1.807) is 7.11 Å². The molecule has 0 fully saturated rings. The van der Waals surface area contributed by atoms with Gasteiger partial charge in [0.2, 0.25) is 0 Å². The van der Waals surface area contributed by atoms with Crippen LogP contribution in [0.2, 0.25) is 0 Å². The minimum atomic E-state index is -0.351. The third kappa shape index (κ3) is 3.71. The number of methoxy groups -OCH3 is 1. The van der Waals surface area contributed by atoms with Crippen molar-refractivity contribution in [2.24, 2.45) is 5.41 Å². The summed E-state index contributed by atoms with van der Waals surface area (Å²) in [5, 5.41) is 10.3. The molecule has 0 heterocycles. The highest BCUT2D eigenvalue weighted by Gasteiger charge is 2.26. The number of hydrogen-bond donors (Lipinski definition) is 1. The summed E-state index contributed by atoms with van der Waals surface area (Å²) in [6.45, 7) is 6.28. The van der Waals surface area contributed by atoms with E-state index in [0.717, 1.165) is 22.2 Å². The van der Waals surface area contributed by atoms with Crippen LogP contribution in [-0.2, 0) is 6.42 Å². The molecule has 0 spiro atoms. The number of rotatable bonds is 5. The van der Waals surface area contributed by atoms with Crippen LogP contribution >= 0.6 is 15.9 Å². The van der Waals surface area contributed by atoms with Gasteiger partial charge in [0.15, 0.2) is 0 Å². The Kier molecular flexibility index (Phi) is 5.02. The van der Waals surface area contributed by atoms with Gasteiger partial charge in [0.25, 0.3) is 0 Å². The monoisotopic (exact) mass is 300 g/mol. The number of ether oxygens (including phenoxy) is 1. The molecule has 1 rings (SSSR count). The number of aliphatic hydroxyl groups is 1. The van der Waals surface area contributed by atoms with Gasteiger partial charge in [-0.25, -0.2) is 0 Å². The average Bonchev–Trinajstić information content (AvgIpc) is 2.31. The fourth-order valence-electron chi connectivity index (χ4n) is 1.55. The molecule has 0 aliphatic heterocycles. The van der Waals surface area contributed by atoms with Gasteiger partial charge in [0.05, 0.1) is 13.2 Å². The molecule has 0 saturated heterocycles. The molecule has 0 saturated carbocycles. The first kappa shape index (κ1) is 14.5. The lowest BCUT2D eigenvalue weighted by atomic mass is 9.81. The second kappa shape index (κ2) is 5.87. The van der Waals surface area contributed by atoms with Crippen molar-refractivity contribution in [3.8, 4) is 5.75 Å². The van der Waals surface area contributed by atoms with E-state index in [4.69, 9.17) is 4.74 Å². The maximum atomic E-state index is 10.3. The van der Waals surface area contributed by atoms with Gasteiger partial charge < -0.3 is 9.84 Å². The zero-order valence-corrected chi connectivity index (χ0v) is 12.5. The molecule has 1 atom stereocenters. The van der Waals surface area contributed by atoms with Gasteiger partial charge in [-0.15, -0.1) is 0 Å². The Hall–Kier alpha value is -0.540. The van der Waals surface area contributed by atoms with Crippen LogP contribution in [-0.4, -0.2) is 18.3 Å². The Labute approximate surface area is 112 Å². The lowest BCUT2D eigenvalue weighted by molar-refractivity contribution is 0.0478. The third-order valence-corrected chi connectivity index (χ3v) is 4.25. The first-order valence-electron chi connectivity index (χ1n) is 5.91. The highest BCUT2D eigenvalue weighted by molar-refractivity contribution is 9.10. The summed E-state index contributed by atoms with van der Waals surface area (Å²) in [5.41, 5.74) is 1.01. The van der Waals surface area contributed by atoms with Crippen LogP contribution in [0.4, 0.5) is 0 Å². The fraction of sp³-hybridized carbons (Fsp3) is 0.571. The lowest BCUT2D eigenvalue weighted by Gasteiger charge is -2.29. The molecule has 0 aliphatic rings. The summed E-state index contributed by atoms with van der Waals surface area (Å²) < 4.78 is 6.22. The maximum Gasteiger partial charge on any atom is 0.119 e. The molecule has 96 valence electrons. The minimum absolute atomic E-state index is 0.0669. The Morgan fingerprint density at radius 1 is 1.41 bits per heavy atom. The van der Waals surface area contributed by atoms with Gasteiger partial charge in [-0.05, 0) is 35.6 Å². The summed E-state index contributed by atoms with van der Waals surface area (Å²) >= 11 is 3.51. The molecule has 1 N–H and O–H groups in total. The minimum Gasteiger partial charge on any atom is -0.497 e. The zero-order chi connectivity index (χ0) is 13.1. The van der Waals surface area contributed by atoms with Crippen molar-refractivity contribution in [2.45, 2.75) is 39.7 Å². The van der Waals surface area contributed by atoms with Gasteiger partial charge >= 0.3 is 0 Å². The lowest BCUT2D eigenvalue weighted by Crippen LogP contribution is -2.30. The topological polar surface area (TPSA) is 29.5 Å². The van der Waals surface area contributed by atoms with Gasteiger partial charge in [0, 0.05) is 10.9 Å². The molecular formula is C14H21BrO2. The van der Waals surface area contributed by atoms with Crippen molar-refractivity contribution >= 4 is 15.9 Å². The summed E-state index contributed by atoms with van der Waals surface area (Å²) in [6.07, 6.45) is 1.24. The number of aliphatic hydroxyl groups excluding tert-OH is 1. The smallest absolute Gasteiger partial charge is 0.119 e. The summed E-state index contributed by atoms with van der Waals surface area (Å²) in [4.78, 5) is 0. The molecular weight excluding hydrogens is 280 g/mol. The molecule has 1 unspecified atom stereocenters. The van der Waals surface area contributed by atoms with E-state index in [-0.39, 0.29) is 11.5 Å². The van der Waals surface area contributed by atoms with E-state index in [1.807, 2.05) is 18.2 Å². The zero-order valence-electron chi connectivity index (χ0n) is 11.0. The SMILES string of the molecule is CCC(C)(C)C(O)Cc1cc(OC)ccc1Br. The molecule has 17 heavy (non-hydrogen) atoms. The predicted octanol–water partition coefficient (Wildman–Crippen LogP) is 3.80. The van der Waals surface area contributed by atoms with E-state index in [9.17, 15) is 5.11 Å². The standard InChI is InChI=1S/C14H21BrO2/c1-5-14(2,3)13(16)9-10-8-11(17-4)6-7-12(10)15/h6-8,13,16H,5,9H2,1-4H3. The predicted molar refractivity (Wildman–Crippen MR) is 74.5 cm³/mol. The van der Waals surface area contributed by atoms with Crippen molar-refractivity contribution in [3.05, 3.63) is 28.2 Å².